The lowest BCUT2D eigenvalue weighted by molar-refractivity contribution is -0.130. The molecule has 0 unspecified atom stereocenters. The van der Waals surface area contributed by atoms with Crippen LogP contribution in [-0.4, -0.2) is 25.6 Å². The smallest absolute Gasteiger partial charge is 0.363 e. The van der Waals surface area contributed by atoms with E-state index in [1.165, 1.54) is 5.56 Å². The van der Waals surface area contributed by atoms with Gasteiger partial charge in [-0.05, 0) is 17.7 Å². The molecule has 0 saturated carbocycles. The fourth-order valence-electron chi connectivity index (χ4n) is 2.54. The normalized spacial score (nSPS) is 15.0. The Balaban J connectivity index is 1.82. The molecular formula is C20H19NO4. The zero-order chi connectivity index (χ0) is 17.6. The molecule has 2 aromatic rings. The molecule has 1 heterocycles. The van der Waals surface area contributed by atoms with Crippen molar-refractivity contribution in [2.24, 2.45) is 4.99 Å². The van der Waals surface area contributed by atoms with Gasteiger partial charge >= 0.3 is 5.97 Å². The minimum Gasteiger partial charge on any atom is -0.493 e. The highest BCUT2D eigenvalue weighted by Crippen LogP contribution is 2.33. The number of carbonyl (C=O) groups excluding carboxylic acids is 1. The van der Waals surface area contributed by atoms with Gasteiger partial charge in [0, 0.05) is 18.9 Å². The molecule has 3 rings (SSSR count). The molecule has 2 aromatic carbocycles. The summed E-state index contributed by atoms with van der Waals surface area (Å²) in [5.41, 5.74) is 2.16. The van der Waals surface area contributed by atoms with Crippen LogP contribution in [0.25, 0.3) is 6.08 Å². The third-order valence-corrected chi connectivity index (χ3v) is 3.73. The number of methoxy groups -OCH3 is 1. The lowest BCUT2D eigenvalue weighted by Crippen LogP contribution is -2.04. The van der Waals surface area contributed by atoms with Crippen molar-refractivity contribution in [3.8, 4) is 11.5 Å². The Morgan fingerprint density at radius 1 is 1.12 bits per heavy atom. The van der Waals surface area contributed by atoms with Crippen molar-refractivity contribution < 1.29 is 19.0 Å². The first-order valence-corrected chi connectivity index (χ1v) is 8.00. The second kappa shape index (κ2) is 7.66. The number of carbonyl (C=O) groups is 1. The van der Waals surface area contributed by atoms with Gasteiger partial charge < -0.3 is 14.2 Å². The maximum absolute atomic E-state index is 11.8. The van der Waals surface area contributed by atoms with E-state index >= 15 is 0 Å². The summed E-state index contributed by atoms with van der Waals surface area (Å²) in [6.07, 6.45) is 2.42. The Kier molecular flexibility index (Phi) is 5.14. The second-order valence-corrected chi connectivity index (χ2v) is 5.51. The number of ether oxygens (including phenoxy) is 3. The molecule has 0 bridgehead atoms. The van der Waals surface area contributed by atoms with Crippen molar-refractivity contribution in [3.63, 3.8) is 0 Å². The first-order chi connectivity index (χ1) is 12.2. The Morgan fingerprint density at radius 3 is 2.60 bits per heavy atom. The molecule has 0 N–H and O–H groups in total. The summed E-state index contributed by atoms with van der Waals surface area (Å²) in [6, 6.07) is 15.6. The average Bonchev–Trinajstić information content (AvgIpc) is 2.94. The largest absolute Gasteiger partial charge is 0.493 e. The molecule has 1 aliphatic rings. The summed E-state index contributed by atoms with van der Waals surface area (Å²) >= 11 is 0. The van der Waals surface area contributed by atoms with Gasteiger partial charge in [0.1, 0.15) is 0 Å². The van der Waals surface area contributed by atoms with Crippen molar-refractivity contribution in [1.82, 2.24) is 0 Å². The maximum Gasteiger partial charge on any atom is 0.363 e. The van der Waals surface area contributed by atoms with Gasteiger partial charge in [0.05, 0.1) is 13.7 Å². The van der Waals surface area contributed by atoms with E-state index in [4.69, 9.17) is 14.2 Å². The van der Waals surface area contributed by atoms with E-state index in [2.05, 4.69) is 17.1 Å². The molecule has 0 fully saturated rings. The van der Waals surface area contributed by atoms with Gasteiger partial charge in [-0.25, -0.2) is 9.79 Å². The van der Waals surface area contributed by atoms with Gasteiger partial charge in [-0.15, -0.1) is 0 Å². The summed E-state index contributed by atoms with van der Waals surface area (Å²) < 4.78 is 16.3. The van der Waals surface area contributed by atoms with Crippen LogP contribution in [0.15, 0.2) is 59.2 Å². The van der Waals surface area contributed by atoms with Crippen molar-refractivity contribution in [1.29, 1.82) is 0 Å². The highest BCUT2D eigenvalue weighted by atomic mass is 16.6. The van der Waals surface area contributed by atoms with Gasteiger partial charge in [-0.3, -0.25) is 0 Å². The molecule has 0 aromatic heterocycles. The van der Waals surface area contributed by atoms with Crippen molar-refractivity contribution in [2.75, 3.05) is 13.7 Å². The van der Waals surface area contributed by atoms with Crippen molar-refractivity contribution in [2.45, 2.75) is 13.3 Å². The van der Waals surface area contributed by atoms with Gasteiger partial charge in [0.2, 0.25) is 0 Å². The van der Waals surface area contributed by atoms with Crippen LogP contribution in [0.1, 0.15) is 18.1 Å². The molecule has 1 aliphatic heterocycles. The van der Waals surface area contributed by atoms with E-state index in [0.29, 0.717) is 24.0 Å². The molecule has 0 spiro atoms. The zero-order valence-electron chi connectivity index (χ0n) is 14.2. The van der Waals surface area contributed by atoms with Crippen molar-refractivity contribution in [3.05, 3.63) is 65.4 Å². The summed E-state index contributed by atoms with van der Waals surface area (Å²) in [5, 5.41) is 0. The summed E-state index contributed by atoms with van der Waals surface area (Å²) in [4.78, 5) is 15.9. The first-order valence-electron chi connectivity index (χ1n) is 8.00. The number of esters is 1. The summed E-state index contributed by atoms with van der Waals surface area (Å²) in [5.74, 6) is 1.07. The topological polar surface area (TPSA) is 57.1 Å². The summed E-state index contributed by atoms with van der Waals surface area (Å²) in [7, 11) is 1.59. The number of para-hydroxylation sites is 1. The number of rotatable bonds is 6. The zero-order valence-corrected chi connectivity index (χ0v) is 14.2. The third-order valence-electron chi connectivity index (χ3n) is 3.73. The molecule has 0 atom stereocenters. The Labute approximate surface area is 146 Å². The van der Waals surface area contributed by atoms with E-state index < -0.39 is 5.97 Å². The molecule has 5 nitrogen and oxygen atoms in total. The highest BCUT2D eigenvalue weighted by molar-refractivity contribution is 6.06. The van der Waals surface area contributed by atoms with Crippen LogP contribution in [0.3, 0.4) is 0 Å². The Bertz CT molecular complexity index is 825. The van der Waals surface area contributed by atoms with Crippen LogP contribution in [0, 0.1) is 0 Å². The number of nitrogens with zero attached hydrogens (tertiary/aromatic N) is 1. The first kappa shape index (κ1) is 16.8. The van der Waals surface area contributed by atoms with Crippen LogP contribution in [0.4, 0.5) is 0 Å². The number of cyclic esters (lactones) is 1. The van der Waals surface area contributed by atoms with E-state index in [0.717, 1.165) is 12.0 Å². The van der Waals surface area contributed by atoms with Gasteiger partial charge in [0.15, 0.2) is 23.1 Å². The second-order valence-electron chi connectivity index (χ2n) is 5.51. The van der Waals surface area contributed by atoms with Crippen LogP contribution >= 0.6 is 0 Å². The highest BCUT2D eigenvalue weighted by Gasteiger charge is 2.21. The summed E-state index contributed by atoms with van der Waals surface area (Å²) in [6.45, 7) is 2.13. The number of hydrogen-bond donors (Lipinski definition) is 0. The molecule has 0 amide bonds. The van der Waals surface area contributed by atoms with E-state index in [1.807, 2.05) is 36.4 Å². The minimum atomic E-state index is -0.462. The third kappa shape index (κ3) is 4.07. The standard InChI is InChI=1S/C20H19NO4/c1-14-21-17(20(22)25-14)13-16-9-6-10-18(23-2)19(16)24-12-11-15-7-4-3-5-8-15/h3-10,13H,11-12H2,1-2H3. The average molecular weight is 337 g/mol. The van der Waals surface area contributed by atoms with Crippen LogP contribution in [-0.2, 0) is 16.0 Å². The molecule has 5 heteroatoms. The van der Waals surface area contributed by atoms with E-state index in [9.17, 15) is 4.79 Å². The lowest BCUT2D eigenvalue weighted by Gasteiger charge is -2.13. The quantitative estimate of drug-likeness (QED) is 0.596. The predicted octanol–water partition coefficient (Wildman–Crippen LogP) is 3.63. The SMILES string of the molecule is COc1cccc(C=C2N=C(C)OC2=O)c1OCCc1ccccc1. The molecule has 0 radical (unpaired) electrons. The maximum atomic E-state index is 11.8. The van der Waals surface area contributed by atoms with E-state index in [1.54, 1.807) is 20.1 Å². The Morgan fingerprint density at radius 2 is 1.92 bits per heavy atom. The number of aliphatic imine (C=N–C) groups is 1. The predicted molar refractivity (Wildman–Crippen MR) is 95.8 cm³/mol. The fourth-order valence-corrected chi connectivity index (χ4v) is 2.54. The minimum absolute atomic E-state index is 0.249. The molecule has 128 valence electrons. The van der Waals surface area contributed by atoms with Crippen LogP contribution < -0.4 is 9.47 Å². The molecular weight excluding hydrogens is 318 g/mol. The molecule has 25 heavy (non-hydrogen) atoms. The Hall–Kier alpha value is -3.08. The molecule has 0 saturated heterocycles. The van der Waals surface area contributed by atoms with Crippen molar-refractivity contribution >= 4 is 17.9 Å². The van der Waals surface area contributed by atoms with Gasteiger partial charge in [0.25, 0.3) is 0 Å². The van der Waals surface area contributed by atoms with Gasteiger partial charge in [-0.1, -0.05) is 42.5 Å². The lowest BCUT2D eigenvalue weighted by atomic mass is 10.1. The monoisotopic (exact) mass is 337 g/mol. The number of hydrogen-bond acceptors (Lipinski definition) is 5. The number of benzene rings is 2. The van der Waals surface area contributed by atoms with E-state index in [-0.39, 0.29) is 5.70 Å². The van der Waals surface area contributed by atoms with Crippen LogP contribution in [0.2, 0.25) is 0 Å². The fraction of sp³-hybridized carbons (Fsp3) is 0.200. The molecule has 0 aliphatic carbocycles. The van der Waals surface area contributed by atoms with Crippen LogP contribution in [0.5, 0.6) is 11.5 Å². The van der Waals surface area contributed by atoms with Gasteiger partial charge in [-0.2, -0.15) is 0 Å².